The van der Waals surface area contributed by atoms with E-state index < -0.39 is 0 Å². The van der Waals surface area contributed by atoms with Gasteiger partial charge in [0.1, 0.15) is 0 Å². The van der Waals surface area contributed by atoms with Gasteiger partial charge in [0.15, 0.2) is 0 Å². The molecule has 8 nitrogen and oxygen atoms in total. The van der Waals surface area contributed by atoms with Gasteiger partial charge >= 0.3 is 0 Å². The standard InChI is InChI=1S/C24H28N6O2/c1-15-22(28-24-25-8-3-9-26-24)20-12-18(19-13-27-29(14-19)10-11-31)6-7-21(20)30(16(2)32)23(15)17-4-5-17/h3,6-9,12-15,17,22-23,31H,4-5,10-11H2,1-2H3,(H,25,26,28)/t15-,22-,23-/m1/s1. The molecule has 0 saturated heterocycles. The highest BCUT2D eigenvalue weighted by Gasteiger charge is 2.47. The summed E-state index contributed by atoms with van der Waals surface area (Å²) >= 11 is 0. The van der Waals surface area contributed by atoms with E-state index in [2.05, 4.69) is 39.4 Å². The number of benzene rings is 1. The molecule has 1 saturated carbocycles. The van der Waals surface area contributed by atoms with Crippen LogP contribution in [-0.4, -0.2) is 43.4 Å². The maximum atomic E-state index is 12.8. The summed E-state index contributed by atoms with van der Waals surface area (Å²) in [6.45, 7) is 4.38. The third-order valence-corrected chi connectivity index (χ3v) is 6.58. The van der Waals surface area contributed by atoms with E-state index in [0.717, 1.165) is 35.2 Å². The molecule has 3 atom stereocenters. The van der Waals surface area contributed by atoms with Crippen molar-refractivity contribution >= 4 is 17.5 Å². The number of nitrogens with one attached hydrogen (secondary N) is 1. The lowest BCUT2D eigenvalue weighted by Gasteiger charge is -2.45. The topological polar surface area (TPSA) is 96.2 Å². The lowest BCUT2D eigenvalue weighted by Crippen LogP contribution is -2.51. The lowest BCUT2D eigenvalue weighted by molar-refractivity contribution is -0.117. The van der Waals surface area contributed by atoms with Crippen molar-refractivity contribution in [1.82, 2.24) is 19.7 Å². The summed E-state index contributed by atoms with van der Waals surface area (Å²) in [7, 11) is 0. The van der Waals surface area contributed by atoms with E-state index in [4.69, 9.17) is 0 Å². The van der Waals surface area contributed by atoms with E-state index in [9.17, 15) is 9.90 Å². The Morgan fingerprint density at radius 3 is 2.69 bits per heavy atom. The Hall–Kier alpha value is -3.26. The van der Waals surface area contributed by atoms with Gasteiger partial charge in [0.05, 0.1) is 25.4 Å². The van der Waals surface area contributed by atoms with E-state index >= 15 is 0 Å². The molecule has 2 N–H and O–H groups in total. The van der Waals surface area contributed by atoms with Gasteiger partial charge in [-0.15, -0.1) is 0 Å². The van der Waals surface area contributed by atoms with E-state index in [0.29, 0.717) is 18.4 Å². The quantitative estimate of drug-likeness (QED) is 0.621. The second-order valence-electron chi connectivity index (χ2n) is 8.76. The number of aliphatic hydroxyl groups excluding tert-OH is 1. The van der Waals surface area contributed by atoms with Crippen LogP contribution < -0.4 is 10.2 Å². The van der Waals surface area contributed by atoms with Gasteiger partial charge in [-0.05, 0) is 48.1 Å². The molecule has 1 fully saturated rings. The van der Waals surface area contributed by atoms with Crippen LogP contribution in [0.15, 0.2) is 49.1 Å². The smallest absolute Gasteiger partial charge is 0.224 e. The number of nitrogens with zero attached hydrogens (tertiary/aromatic N) is 5. The van der Waals surface area contributed by atoms with Crippen LogP contribution in [-0.2, 0) is 11.3 Å². The van der Waals surface area contributed by atoms with Gasteiger partial charge < -0.3 is 15.3 Å². The zero-order valence-electron chi connectivity index (χ0n) is 18.3. The number of anilines is 2. The van der Waals surface area contributed by atoms with Crippen molar-refractivity contribution < 1.29 is 9.90 Å². The Morgan fingerprint density at radius 1 is 1.22 bits per heavy atom. The fourth-order valence-corrected chi connectivity index (χ4v) is 5.00. The molecule has 1 aliphatic carbocycles. The minimum absolute atomic E-state index is 0.0268. The summed E-state index contributed by atoms with van der Waals surface area (Å²) in [5.74, 6) is 1.38. The van der Waals surface area contributed by atoms with Crippen molar-refractivity contribution in [2.75, 3.05) is 16.8 Å². The minimum Gasteiger partial charge on any atom is -0.394 e. The average molecular weight is 433 g/mol. The second-order valence-corrected chi connectivity index (χ2v) is 8.76. The molecular weight excluding hydrogens is 404 g/mol. The third kappa shape index (κ3) is 3.75. The van der Waals surface area contributed by atoms with Gasteiger partial charge in [-0.1, -0.05) is 13.0 Å². The number of carbonyl (C=O) groups is 1. The first kappa shape index (κ1) is 20.6. The minimum atomic E-state index is -0.0268. The van der Waals surface area contributed by atoms with E-state index in [1.54, 1.807) is 30.1 Å². The number of fused-ring (bicyclic) bond motifs is 1. The Labute approximate surface area is 187 Å². The summed E-state index contributed by atoms with van der Waals surface area (Å²) in [6, 6.07) is 8.17. The largest absolute Gasteiger partial charge is 0.394 e. The number of aromatic nitrogens is 4. The normalized spacial score (nSPS) is 22.5. The maximum Gasteiger partial charge on any atom is 0.224 e. The lowest BCUT2D eigenvalue weighted by atomic mass is 9.79. The number of carbonyl (C=O) groups excluding carboxylic acids is 1. The summed E-state index contributed by atoms with van der Waals surface area (Å²) in [4.78, 5) is 23.6. The Kier molecular flexibility index (Phi) is 5.38. The molecule has 0 unspecified atom stereocenters. The average Bonchev–Trinajstić information content (AvgIpc) is 3.53. The van der Waals surface area contributed by atoms with Gasteiger partial charge in [-0.3, -0.25) is 9.48 Å². The Bertz CT molecular complexity index is 1110. The van der Waals surface area contributed by atoms with Crippen LogP contribution >= 0.6 is 0 Å². The molecule has 1 aliphatic heterocycles. The molecule has 1 amide bonds. The van der Waals surface area contributed by atoms with Crippen LogP contribution in [0.25, 0.3) is 11.1 Å². The van der Waals surface area contributed by atoms with E-state index in [1.807, 2.05) is 23.4 Å². The van der Waals surface area contributed by atoms with Crippen LogP contribution in [0.5, 0.6) is 0 Å². The molecule has 2 aromatic heterocycles. The van der Waals surface area contributed by atoms with Gasteiger partial charge in [-0.2, -0.15) is 5.10 Å². The number of hydrogen-bond acceptors (Lipinski definition) is 6. The molecule has 0 spiro atoms. The van der Waals surface area contributed by atoms with Crippen LogP contribution in [0.2, 0.25) is 0 Å². The van der Waals surface area contributed by atoms with Gasteiger partial charge in [0, 0.05) is 48.7 Å². The van der Waals surface area contributed by atoms with Crippen molar-refractivity contribution in [2.45, 2.75) is 45.3 Å². The maximum absolute atomic E-state index is 12.8. The van der Waals surface area contributed by atoms with Gasteiger partial charge in [-0.25, -0.2) is 9.97 Å². The number of rotatable bonds is 6. The zero-order chi connectivity index (χ0) is 22.2. The first-order chi connectivity index (χ1) is 15.6. The fourth-order valence-electron chi connectivity index (χ4n) is 5.00. The highest BCUT2D eigenvalue weighted by atomic mass is 16.3. The van der Waals surface area contributed by atoms with Crippen LogP contribution in [0, 0.1) is 11.8 Å². The predicted molar refractivity (Wildman–Crippen MR) is 122 cm³/mol. The van der Waals surface area contributed by atoms with Crippen molar-refractivity contribution in [1.29, 1.82) is 0 Å². The first-order valence-corrected chi connectivity index (χ1v) is 11.2. The van der Waals surface area contributed by atoms with Gasteiger partial charge in [0.2, 0.25) is 11.9 Å². The van der Waals surface area contributed by atoms with Crippen LogP contribution in [0.1, 0.15) is 38.3 Å². The summed E-state index contributed by atoms with van der Waals surface area (Å²) in [6.07, 6.45) is 9.52. The molecule has 3 aromatic rings. The molecule has 3 heterocycles. The monoisotopic (exact) mass is 432 g/mol. The highest BCUT2D eigenvalue weighted by molar-refractivity contribution is 5.94. The van der Waals surface area contributed by atoms with Crippen molar-refractivity contribution in [3.8, 4) is 11.1 Å². The summed E-state index contributed by atoms with van der Waals surface area (Å²) in [5.41, 5.74) is 4.01. The fraction of sp³-hybridized carbons (Fsp3) is 0.417. The third-order valence-electron chi connectivity index (χ3n) is 6.58. The SMILES string of the molecule is CC(=O)N1c2ccc(-c3cnn(CCO)c3)cc2[C@H](Nc2ncccn2)[C@@H](C)[C@@H]1C1CC1. The van der Waals surface area contributed by atoms with Crippen molar-refractivity contribution in [2.24, 2.45) is 11.8 Å². The first-order valence-electron chi connectivity index (χ1n) is 11.2. The molecule has 2 aliphatic rings. The molecule has 166 valence electrons. The molecular formula is C24H28N6O2. The van der Waals surface area contributed by atoms with Crippen LogP contribution in [0.4, 0.5) is 11.6 Å². The second kappa shape index (κ2) is 8.35. The number of aliphatic hydroxyl groups is 1. The van der Waals surface area contributed by atoms with E-state index in [1.165, 1.54) is 0 Å². The number of hydrogen-bond donors (Lipinski definition) is 2. The molecule has 5 rings (SSSR count). The summed E-state index contributed by atoms with van der Waals surface area (Å²) in [5, 5.41) is 17.1. The molecule has 0 bridgehead atoms. The molecule has 32 heavy (non-hydrogen) atoms. The van der Waals surface area contributed by atoms with Crippen molar-refractivity contribution in [3.63, 3.8) is 0 Å². The molecule has 8 heteroatoms. The molecule has 1 aromatic carbocycles. The molecule has 0 radical (unpaired) electrons. The highest BCUT2D eigenvalue weighted by Crippen LogP contribution is 2.50. The van der Waals surface area contributed by atoms with E-state index in [-0.39, 0.29) is 30.5 Å². The number of amides is 1. The zero-order valence-corrected chi connectivity index (χ0v) is 18.3. The summed E-state index contributed by atoms with van der Waals surface area (Å²) < 4.78 is 1.73. The Balaban J connectivity index is 1.60. The Morgan fingerprint density at radius 2 is 2.00 bits per heavy atom. The van der Waals surface area contributed by atoms with Gasteiger partial charge in [0.25, 0.3) is 0 Å². The predicted octanol–water partition coefficient (Wildman–Crippen LogP) is 3.27. The van der Waals surface area contributed by atoms with Crippen LogP contribution in [0.3, 0.4) is 0 Å². The van der Waals surface area contributed by atoms with Crippen molar-refractivity contribution in [3.05, 3.63) is 54.6 Å².